The van der Waals surface area contributed by atoms with Crippen LogP contribution in [0.4, 0.5) is 0 Å². The fourth-order valence-corrected chi connectivity index (χ4v) is 4.52. The maximum atomic E-state index is 6.30. The van der Waals surface area contributed by atoms with Gasteiger partial charge in [0.25, 0.3) is 0 Å². The van der Waals surface area contributed by atoms with Gasteiger partial charge in [0.05, 0.1) is 17.9 Å². The number of hydrogen-bond acceptors (Lipinski definition) is 5. The van der Waals surface area contributed by atoms with Gasteiger partial charge >= 0.3 is 0 Å². The van der Waals surface area contributed by atoms with Crippen LogP contribution in [0, 0.1) is 5.92 Å². The highest BCUT2D eigenvalue weighted by atomic mass is 16.5. The molecule has 1 aromatic heterocycles. The molecule has 0 radical (unpaired) electrons. The number of piperidine rings is 1. The zero-order chi connectivity index (χ0) is 17.0. The van der Waals surface area contributed by atoms with Crippen LogP contribution < -0.4 is 0 Å². The van der Waals surface area contributed by atoms with E-state index in [4.69, 9.17) is 9.47 Å². The summed E-state index contributed by atoms with van der Waals surface area (Å²) in [5.41, 5.74) is 1.23. The molecule has 5 heteroatoms. The average molecular weight is 345 g/mol. The number of morpholine rings is 1. The highest BCUT2D eigenvalue weighted by molar-refractivity contribution is 5.04. The topological polar surface area (TPSA) is 37.8 Å². The van der Waals surface area contributed by atoms with Gasteiger partial charge in [0, 0.05) is 58.7 Å². The first-order valence-corrected chi connectivity index (χ1v) is 9.88. The lowest BCUT2D eigenvalue weighted by Gasteiger charge is -2.47. The number of aromatic nitrogens is 1. The van der Waals surface area contributed by atoms with Crippen LogP contribution in [0.1, 0.15) is 31.4 Å². The minimum atomic E-state index is 0.0687. The van der Waals surface area contributed by atoms with E-state index in [-0.39, 0.29) is 5.60 Å². The van der Waals surface area contributed by atoms with Crippen molar-refractivity contribution in [3.63, 3.8) is 0 Å². The summed E-state index contributed by atoms with van der Waals surface area (Å²) in [6, 6.07) is 6.18. The van der Waals surface area contributed by atoms with Crippen molar-refractivity contribution in [2.45, 2.75) is 37.8 Å². The maximum Gasteiger partial charge on any atom is 0.0833 e. The van der Waals surface area contributed by atoms with E-state index in [9.17, 15) is 0 Å². The SMILES string of the molecule is c1ccc(CN2CCOC3(CCN(CC4CCOCC4)CC3)C2)nc1. The van der Waals surface area contributed by atoms with E-state index in [1.165, 1.54) is 32.5 Å². The lowest BCUT2D eigenvalue weighted by molar-refractivity contribution is -0.139. The third kappa shape index (κ3) is 4.59. The molecule has 5 nitrogen and oxygen atoms in total. The second kappa shape index (κ2) is 8.12. The van der Waals surface area contributed by atoms with Crippen LogP contribution in [0.25, 0.3) is 0 Å². The van der Waals surface area contributed by atoms with Crippen LogP contribution in [0.15, 0.2) is 24.4 Å². The summed E-state index contributed by atoms with van der Waals surface area (Å²) >= 11 is 0. The average Bonchev–Trinajstić information content (AvgIpc) is 2.66. The first-order chi connectivity index (χ1) is 12.3. The molecule has 4 rings (SSSR count). The Morgan fingerprint density at radius 2 is 1.88 bits per heavy atom. The van der Waals surface area contributed by atoms with Crippen molar-refractivity contribution in [2.75, 3.05) is 52.5 Å². The van der Waals surface area contributed by atoms with E-state index >= 15 is 0 Å². The highest BCUT2D eigenvalue weighted by Crippen LogP contribution is 2.31. The van der Waals surface area contributed by atoms with Crippen LogP contribution in [0.5, 0.6) is 0 Å². The van der Waals surface area contributed by atoms with Crippen LogP contribution in [0.2, 0.25) is 0 Å². The van der Waals surface area contributed by atoms with Crippen LogP contribution in [-0.2, 0) is 16.0 Å². The van der Waals surface area contributed by atoms with Gasteiger partial charge in [-0.1, -0.05) is 6.07 Å². The molecule has 3 saturated heterocycles. The van der Waals surface area contributed by atoms with Crippen LogP contribution in [0.3, 0.4) is 0 Å². The van der Waals surface area contributed by atoms with Gasteiger partial charge < -0.3 is 14.4 Å². The third-order valence-electron chi connectivity index (χ3n) is 6.06. The van der Waals surface area contributed by atoms with Crippen molar-refractivity contribution >= 4 is 0 Å². The largest absolute Gasteiger partial charge is 0.381 e. The molecule has 0 amide bonds. The van der Waals surface area contributed by atoms with Crippen molar-refractivity contribution in [1.82, 2.24) is 14.8 Å². The van der Waals surface area contributed by atoms with E-state index in [0.717, 1.165) is 63.9 Å². The zero-order valence-electron chi connectivity index (χ0n) is 15.2. The molecule has 138 valence electrons. The number of pyridine rings is 1. The first-order valence-electron chi connectivity index (χ1n) is 9.88. The number of likely N-dealkylation sites (tertiary alicyclic amines) is 1. The molecule has 0 bridgehead atoms. The van der Waals surface area contributed by atoms with Gasteiger partial charge in [0.1, 0.15) is 0 Å². The Balaban J connectivity index is 1.27. The van der Waals surface area contributed by atoms with Crippen LogP contribution >= 0.6 is 0 Å². The maximum absolute atomic E-state index is 6.30. The molecular weight excluding hydrogens is 314 g/mol. The Kier molecular flexibility index (Phi) is 5.66. The standard InChI is InChI=1S/C20H31N3O2/c1-2-8-21-19(3-1)16-23-11-14-25-20(17-23)6-9-22(10-7-20)15-18-4-12-24-13-5-18/h1-3,8,18H,4-7,9-17H2. The normalized spacial score (nSPS) is 26.1. The Bertz CT molecular complexity index is 525. The molecule has 0 atom stereocenters. The molecule has 3 fully saturated rings. The lowest BCUT2D eigenvalue weighted by atomic mass is 9.88. The molecule has 0 unspecified atom stereocenters. The predicted molar refractivity (Wildman–Crippen MR) is 97.4 cm³/mol. The van der Waals surface area contributed by atoms with Gasteiger partial charge in [0.15, 0.2) is 0 Å². The molecule has 1 spiro atoms. The van der Waals surface area contributed by atoms with Crippen molar-refractivity contribution in [3.05, 3.63) is 30.1 Å². The summed E-state index contributed by atoms with van der Waals surface area (Å²) in [7, 11) is 0. The van der Waals surface area contributed by atoms with Crippen molar-refractivity contribution < 1.29 is 9.47 Å². The first kappa shape index (κ1) is 17.4. The van der Waals surface area contributed by atoms with E-state index in [2.05, 4.69) is 26.9 Å². The van der Waals surface area contributed by atoms with E-state index in [0.29, 0.717) is 0 Å². The summed E-state index contributed by atoms with van der Waals surface area (Å²) < 4.78 is 11.8. The van der Waals surface area contributed by atoms with Gasteiger partial charge in [0.2, 0.25) is 0 Å². The molecule has 3 aliphatic rings. The van der Waals surface area contributed by atoms with E-state index in [1.807, 2.05) is 12.3 Å². The molecule has 0 saturated carbocycles. The summed E-state index contributed by atoms with van der Waals surface area (Å²) in [5.74, 6) is 0.829. The summed E-state index contributed by atoms with van der Waals surface area (Å²) in [6.07, 6.45) is 6.68. The molecule has 0 aromatic carbocycles. The zero-order valence-corrected chi connectivity index (χ0v) is 15.2. The monoisotopic (exact) mass is 345 g/mol. The highest BCUT2D eigenvalue weighted by Gasteiger charge is 2.39. The number of ether oxygens (including phenoxy) is 2. The van der Waals surface area contributed by atoms with Gasteiger partial charge in [-0.2, -0.15) is 0 Å². The second-order valence-corrected chi connectivity index (χ2v) is 7.92. The molecule has 0 aliphatic carbocycles. The Hall–Kier alpha value is -1.01. The second-order valence-electron chi connectivity index (χ2n) is 7.92. The number of nitrogens with zero attached hydrogens (tertiary/aromatic N) is 3. The molecule has 4 heterocycles. The van der Waals surface area contributed by atoms with Crippen molar-refractivity contribution in [1.29, 1.82) is 0 Å². The summed E-state index contributed by atoms with van der Waals surface area (Å²) in [4.78, 5) is 9.67. The summed E-state index contributed by atoms with van der Waals surface area (Å²) in [5, 5.41) is 0. The Labute approximate surface area is 151 Å². The number of hydrogen-bond donors (Lipinski definition) is 0. The van der Waals surface area contributed by atoms with Crippen molar-refractivity contribution in [3.8, 4) is 0 Å². The smallest absolute Gasteiger partial charge is 0.0833 e. The number of rotatable bonds is 4. The molecule has 25 heavy (non-hydrogen) atoms. The fraction of sp³-hybridized carbons (Fsp3) is 0.750. The molecule has 0 N–H and O–H groups in total. The Morgan fingerprint density at radius 1 is 1.04 bits per heavy atom. The lowest BCUT2D eigenvalue weighted by Crippen LogP contribution is -2.57. The predicted octanol–water partition coefficient (Wildman–Crippen LogP) is 2.17. The van der Waals surface area contributed by atoms with E-state index < -0.39 is 0 Å². The van der Waals surface area contributed by atoms with Gasteiger partial charge in [-0.3, -0.25) is 9.88 Å². The molecular formula is C20H31N3O2. The molecule has 3 aliphatic heterocycles. The van der Waals surface area contributed by atoms with Gasteiger partial charge in [-0.05, 0) is 43.7 Å². The summed E-state index contributed by atoms with van der Waals surface area (Å²) in [6.45, 7) is 9.37. The molecule has 1 aromatic rings. The minimum absolute atomic E-state index is 0.0687. The van der Waals surface area contributed by atoms with Gasteiger partial charge in [-0.15, -0.1) is 0 Å². The van der Waals surface area contributed by atoms with Crippen molar-refractivity contribution in [2.24, 2.45) is 5.92 Å². The van der Waals surface area contributed by atoms with Gasteiger partial charge in [-0.25, -0.2) is 0 Å². The van der Waals surface area contributed by atoms with E-state index in [1.54, 1.807) is 0 Å². The fourth-order valence-electron chi connectivity index (χ4n) is 4.52. The quantitative estimate of drug-likeness (QED) is 0.836. The minimum Gasteiger partial charge on any atom is -0.381 e. The Morgan fingerprint density at radius 3 is 2.64 bits per heavy atom. The van der Waals surface area contributed by atoms with Crippen LogP contribution in [-0.4, -0.2) is 72.9 Å². The third-order valence-corrected chi connectivity index (χ3v) is 6.06.